The predicted octanol–water partition coefficient (Wildman–Crippen LogP) is 0.0777. The average Bonchev–Trinajstić information content (AvgIpc) is 2.91. The van der Waals surface area contributed by atoms with E-state index >= 15 is 0 Å². The van der Waals surface area contributed by atoms with Crippen LogP contribution in [0.1, 0.15) is 0 Å². The molecule has 0 atom stereocenters. The maximum Gasteiger partial charge on any atom is 0.316 e. The largest absolute Gasteiger partial charge is 0.368 e. The summed E-state index contributed by atoms with van der Waals surface area (Å²) in [4.78, 5) is 21.4. The molecular weight excluding hydrogens is 260 g/mol. The zero-order valence-electron chi connectivity index (χ0n) is 11.7. The Hall–Kier alpha value is -2.58. The van der Waals surface area contributed by atoms with Gasteiger partial charge in [-0.3, -0.25) is 5.10 Å². The lowest BCUT2D eigenvalue weighted by molar-refractivity contribution is 0.218. The second-order valence-electron chi connectivity index (χ2n) is 4.33. The van der Waals surface area contributed by atoms with Crippen LogP contribution in [0.25, 0.3) is 11.0 Å². The summed E-state index contributed by atoms with van der Waals surface area (Å²) < 4.78 is 0. The summed E-state index contributed by atoms with van der Waals surface area (Å²) in [5.41, 5.74) is 0.657. The Kier molecular flexibility index (Phi) is 4.18. The summed E-state index contributed by atoms with van der Waals surface area (Å²) in [5, 5.41) is 16.4. The van der Waals surface area contributed by atoms with E-state index in [1.54, 1.807) is 27.3 Å². The Labute approximate surface area is 116 Å². The fourth-order valence-electron chi connectivity index (χ4n) is 1.59. The minimum atomic E-state index is -0.126. The Balaban J connectivity index is 1.99. The summed E-state index contributed by atoms with van der Waals surface area (Å²) in [5.74, 6) is 1.17. The van der Waals surface area contributed by atoms with Crippen LogP contribution in [0.5, 0.6) is 0 Å². The highest BCUT2D eigenvalue weighted by Gasteiger charge is 2.08. The molecule has 9 nitrogen and oxygen atoms in total. The van der Waals surface area contributed by atoms with Crippen LogP contribution in [-0.2, 0) is 0 Å². The van der Waals surface area contributed by atoms with Gasteiger partial charge in [-0.15, -0.1) is 0 Å². The van der Waals surface area contributed by atoms with Crippen molar-refractivity contribution in [2.24, 2.45) is 0 Å². The molecule has 2 aromatic heterocycles. The highest BCUT2D eigenvalue weighted by atomic mass is 16.2. The van der Waals surface area contributed by atoms with Crippen molar-refractivity contribution in [3.8, 4) is 0 Å². The molecule has 0 fully saturated rings. The minimum Gasteiger partial charge on any atom is -0.368 e. The fourth-order valence-corrected chi connectivity index (χ4v) is 1.59. The number of aromatic nitrogens is 4. The molecule has 2 aromatic rings. The van der Waals surface area contributed by atoms with E-state index in [9.17, 15) is 4.79 Å². The molecule has 0 aliphatic heterocycles. The van der Waals surface area contributed by atoms with E-state index < -0.39 is 0 Å². The molecular formula is C11H18N8O. The highest BCUT2D eigenvalue weighted by Crippen LogP contribution is 2.19. The van der Waals surface area contributed by atoms with E-state index in [2.05, 4.69) is 36.1 Å². The summed E-state index contributed by atoms with van der Waals surface area (Å²) in [7, 11) is 5.14. The quantitative estimate of drug-likeness (QED) is 0.576. The summed E-state index contributed by atoms with van der Waals surface area (Å²) in [6.45, 7) is 1.05. The van der Waals surface area contributed by atoms with Crippen LogP contribution in [-0.4, -0.2) is 65.3 Å². The summed E-state index contributed by atoms with van der Waals surface area (Å²) in [6, 6.07) is -0.126. The van der Waals surface area contributed by atoms with Crippen LogP contribution in [0.4, 0.5) is 16.6 Å². The molecule has 0 bridgehead atoms. The van der Waals surface area contributed by atoms with Crippen molar-refractivity contribution >= 4 is 28.8 Å². The molecule has 0 unspecified atom stereocenters. The van der Waals surface area contributed by atoms with Crippen LogP contribution in [0.3, 0.4) is 0 Å². The van der Waals surface area contributed by atoms with Crippen molar-refractivity contribution in [3.63, 3.8) is 0 Å². The van der Waals surface area contributed by atoms with Gasteiger partial charge in [-0.05, 0) is 0 Å². The van der Waals surface area contributed by atoms with Gasteiger partial charge in [-0.25, -0.2) is 4.79 Å². The van der Waals surface area contributed by atoms with E-state index in [1.165, 1.54) is 4.90 Å². The Bertz CT molecular complexity index is 593. The van der Waals surface area contributed by atoms with Gasteiger partial charge in [0.25, 0.3) is 0 Å². The number of nitrogens with zero attached hydrogens (tertiary/aromatic N) is 4. The third-order valence-electron chi connectivity index (χ3n) is 2.63. The third-order valence-corrected chi connectivity index (χ3v) is 2.63. The van der Waals surface area contributed by atoms with Crippen molar-refractivity contribution in [2.75, 3.05) is 44.9 Å². The molecule has 0 spiro atoms. The molecule has 0 aliphatic rings. The third kappa shape index (κ3) is 3.05. The molecule has 0 radical (unpaired) electrons. The first-order valence-corrected chi connectivity index (χ1v) is 6.19. The van der Waals surface area contributed by atoms with Crippen LogP contribution in [0.2, 0.25) is 0 Å². The Morgan fingerprint density at radius 3 is 2.85 bits per heavy atom. The Morgan fingerprint density at radius 2 is 2.15 bits per heavy atom. The number of aromatic amines is 1. The molecule has 20 heavy (non-hydrogen) atoms. The average molecular weight is 278 g/mol. The van der Waals surface area contributed by atoms with Gasteiger partial charge in [-0.2, -0.15) is 15.1 Å². The van der Waals surface area contributed by atoms with Crippen molar-refractivity contribution in [1.29, 1.82) is 0 Å². The van der Waals surface area contributed by atoms with E-state index in [1.807, 2.05) is 0 Å². The molecule has 2 heterocycles. The first-order valence-electron chi connectivity index (χ1n) is 6.19. The van der Waals surface area contributed by atoms with Gasteiger partial charge in [0, 0.05) is 34.2 Å². The molecule has 9 heteroatoms. The van der Waals surface area contributed by atoms with Crippen molar-refractivity contribution in [2.45, 2.75) is 0 Å². The number of hydrogen-bond acceptors (Lipinski definition) is 6. The monoisotopic (exact) mass is 278 g/mol. The van der Waals surface area contributed by atoms with Gasteiger partial charge in [0.05, 0.1) is 11.6 Å². The van der Waals surface area contributed by atoms with Crippen molar-refractivity contribution in [3.05, 3.63) is 6.20 Å². The maximum absolute atomic E-state index is 11.4. The van der Waals surface area contributed by atoms with Crippen molar-refractivity contribution < 1.29 is 4.79 Å². The number of amides is 2. The number of carbonyl (C=O) groups is 1. The van der Waals surface area contributed by atoms with Crippen LogP contribution >= 0.6 is 0 Å². The Morgan fingerprint density at radius 1 is 1.35 bits per heavy atom. The number of nitrogens with one attached hydrogen (secondary N) is 4. The van der Waals surface area contributed by atoms with Gasteiger partial charge in [0.15, 0.2) is 5.65 Å². The number of hydrogen-bond donors (Lipinski definition) is 4. The number of fused-ring (bicyclic) bond motifs is 1. The molecule has 0 saturated heterocycles. The van der Waals surface area contributed by atoms with E-state index in [-0.39, 0.29) is 6.03 Å². The van der Waals surface area contributed by atoms with Crippen LogP contribution in [0, 0.1) is 0 Å². The highest BCUT2D eigenvalue weighted by molar-refractivity contribution is 5.86. The molecule has 2 rings (SSSR count). The van der Waals surface area contributed by atoms with E-state index in [4.69, 9.17) is 0 Å². The molecule has 4 N–H and O–H groups in total. The lowest BCUT2D eigenvalue weighted by atomic mass is 10.4. The second kappa shape index (κ2) is 6.04. The molecule has 0 aliphatic carbocycles. The number of rotatable bonds is 5. The molecule has 2 amide bonds. The second-order valence-corrected chi connectivity index (χ2v) is 4.33. The van der Waals surface area contributed by atoms with Crippen molar-refractivity contribution in [1.82, 2.24) is 30.4 Å². The van der Waals surface area contributed by atoms with Gasteiger partial charge >= 0.3 is 6.03 Å². The normalized spacial score (nSPS) is 10.3. The molecule has 0 aromatic carbocycles. The lowest BCUT2D eigenvalue weighted by Crippen LogP contribution is -2.37. The lowest BCUT2D eigenvalue weighted by Gasteiger charge is -2.12. The smallest absolute Gasteiger partial charge is 0.316 e. The summed E-state index contributed by atoms with van der Waals surface area (Å²) >= 11 is 0. The minimum absolute atomic E-state index is 0.126. The molecule has 0 saturated carbocycles. The maximum atomic E-state index is 11.4. The number of anilines is 2. The number of H-pyrrole nitrogens is 1. The van der Waals surface area contributed by atoms with Gasteiger partial charge in [0.1, 0.15) is 5.82 Å². The van der Waals surface area contributed by atoms with E-state index in [0.717, 1.165) is 5.39 Å². The predicted molar refractivity (Wildman–Crippen MR) is 76.8 cm³/mol. The summed E-state index contributed by atoms with van der Waals surface area (Å²) in [6.07, 6.45) is 1.66. The fraction of sp³-hybridized carbons (Fsp3) is 0.455. The molecule has 108 valence electrons. The van der Waals surface area contributed by atoms with Gasteiger partial charge < -0.3 is 20.9 Å². The topological polar surface area (TPSA) is 111 Å². The standard InChI is InChI=1S/C11H18N8O/c1-12-10-16-8(7-6-15-18-9(7)17-10)13-4-5-14-11(20)19(2)3/h6H,4-5H2,1-3H3,(H,14,20)(H3,12,13,15,16,17,18). The van der Waals surface area contributed by atoms with Gasteiger partial charge in [0.2, 0.25) is 5.95 Å². The van der Waals surface area contributed by atoms with Gasteiger partial charge in [-0.1, -0.05) is 0 Å². The first kappa shape index (κ1) is 13.8. The zero-order valence-corrected chi connectivity index (χ0v) is 11.7. The first-order chi connectivity index (χ1) is 9.61. The number of urea groups is 1. The van der Waals surface area contributed by atoms with Crippen LogP contribution < -0.4 is 16.0 Å². The number of carbonyl (C=O) groups excluding carboxylic acids is 1. The van der Waals surface area contributed by atoms with E-state index in [0.29, 0.717) is 30.5 Å². The zero-order chi connectivity index (χ0) is 14.5. The van der Waals surface area contributed by atoms with Crippen LogP contribution in [0.15, 0.2) is 6.20 Å². The SMILES string of the molecule is CNc1nc(NCCNC(=O)N(C)C)c2cn[nH]c2n1.